The number of alkyl halides is 4. The van der Waals surface area contributed by atoms with E-state index >= 15 is 0 Å². The molecule has 1 aromatic carbocycles. The van der Waals surface area contributed by atoms with E-state index in [1.165, 1.54) is 6.07 Å². The summed E-state index contributed by atoms with van der Waals surface area (Å²) in [7, 11) is 0. The maximum atomic E-state index is 12.5. The van der Waals surface area contributed by atoms with Crippen LogP contribution >= 0.6 is 23.2 Å². The average Bonchev–Trinajstić information content (AvgIpc) is 2.19. The van der Waals surface area contributed by atoms with Crippen LogP contribution in [0.1, 0.15) is 11.1 Å². The van der Waals surface area contributed by atoms with Crippen molar-refractivity contribution in [3.8, 4) is 0 Å². The molecule has 88 valence electrons. The van der Waals surface area contributed by atoms with Crippen LogP contribution in [0.3, 0.4) is 0 Å². The molecule has 0 aliphatic carbocycles. The van der Waals surface area contributed by atoms with E-state index in [9.17, 15) is 13.2 Å². The number of allylic oxidation sites excluding steroid dienone is 2. The first-order valence-electron chi connectivity index (χ1n) is 4.51. The Balaban J connectivity index is 2.94. The van der Waals surface area contributed by atoms with Crippen molar-refractivity contribution < 1.29 is 13.2 Å². The largest absolute Gasteiger partial charge is 0.417 e. The lowest BCUT2D eigenvalue weighted by atomic mass is 10.1. The molecule has 0 aromatic heterocycles. The van der Waals surface area contributed by atoms with Crippen LogP contribution < -0.4 is 0 Å². The van der Waals surface area contributed by atoms with Gasteiger partial charge in [-0.15, -0.1) is 11.6 Å². The van der Waals surface area contributed by atoms with Crippen LogP contribution in [0.2, 0.25) is 5.02 Å². The van der Waals surface area contributed by atoms with E-state index in [-0.39, 0.29) is 5.02 Å². The minimum absolute atomic E-state index is 0.280. The van der Waals surface area contributed by atoms with Crippen LogP contribution in [0.5, 0.6) is 0 Å². The van der Waals surface area contributed by atoms with Crippen LogP contribution in [-0.2, 0) is 12.6 Å². The summed E-state index contributed by atoms with van der Waals surface area (Å²) in [4.78, 5) is 0. The number of halogens is 5. The SMILES string of the molecule is FC(F)(F)c1cc(C/C=C/CCl)ccc1Cl. The van der Waals surface area contributed by atoms with Crippen molar-refractivity contribution in [3.05, 3.63) is 46.5 Å². The Labute approximate surface area is 102 Å². The van der Waals surface area contributed by atoms with E-state index in [1.54, 1.807) is 18.2 Å². The third kappa shape index (κ3) is 3.72. The van der Waals surface area contributed by atoms with Gasteiger partial charge < -0.3 is 0 Å². The number of benzene rings is 1. The summed E-state index contributed by atoms with van der Waals surface area (Å²) >= 11 is 10.9. The van der Waals surface area contributed by atoms with Crippen LogP contribution in [0, 0.1) is 0 Å². The lowest BCUT2D eigenvalue weighted by Crippen LogP contribution is -2.06. The van der Waals surface area contributed by atoms with Gasteiger partial charge in [-0.2, -0.15) is 13.2 Å². The van der Waals surface area contributed by atoms with Gasteiger partial charge in [0.15, 0.2) is 0 Å². The molecule has 0 saturated carbocycles. The highest BCUT2D eigenvalue weighted by Gasteiger charge is 2.33. The fraction of sp³-hybridized carbons (Fsp3) is 0.273. The number of hydrogen-bond donors (Lipinski definition) is 0. The van der Waals surface area contributed by atoms with Crippen molar-refractivity contribution in [3.63, 3.8) is 0 Å². The Morgan fingerprint density at radius 3 is 2.44 bits per heavy atom. The molecule has 5 heteroatoms. The maximum Gasteiger partial charge on any atom is 0.417 e. The molecule has 1 aromatic rings. The summed E-state index contributed by atoms with van der Waals surface area (Å²) in [5, 5.41) is -0.280. The van der Waals surface area contributed by atoms with E-state index in [0.29, 0.717) is 17.9 Å². The van der Waals surface area contributed by atoms with E-state index in [1.807, 2.05) is 0 Å². The normalized spacial score (nSPS) is 12.3. The molecule has 0 saturated heterocycles. The Bertz CT molecular complexity index is 383. The minimum Gasteiger partial charge on any atom is -0.166 e. The summed E-state index contributed by atoms with van der Waals surface area (Å²) in [5.41, 5.74) is -0.246. The molecule has 0 unspecified atom stereocenters. The molecule has 0 fully saturated rings. The Morgan fingerprint density at radius 2 is 1.88 bits per heavy atom. The summed E-state index contributed by atoms with van der Waals surface area (Å²) < 4.78 is 37.5. The first-order valence-corrected chi connectivity index (χ1v) is 5.43. The molecule has 0 bridgehead atoms. The second-order valence-corrected chi connectivity index (χ2v) is 3.86. The monoisotopic (exact) mass is 268 g/mol. The van der Waals surface area contributed by atoms with Crippen molar-refractivity contribution >= 4 is 23.2 Å². The highest BCUT2D eigenvalue weighted by Crippen LogP contribution is 2.35. The molecular weight excluding hydrogens is 260 g/mol. The predicted molar refractivity (Wildman–Crippen MR) is 60.0 cm³/mol. The molecule has 16 heavy (non-hydrogen) atoms. The maximum absolute atomic E-state index is 12.5. The van der Waals surface area contributed by atoms with Crippen LogP contribution in [-0.4, -0.2) is 5.88 Å². The molecule has 1 rings (SSSR count). The quantitative estimate of drug-likeness (QED) is 0.551. The second-order valence-electron chi connectivity index (χ2n) is 3.14. The summed E-state index contributed by atoms with van der Waals surface area (Å²) in [5.74, 6) is 0.347. The smallest absolute Gasteiger partial charge is 0.166 e. The zero-order valence-electron chi connectivity index (χ0n) is 8.19. The first-order chi connectivity index (χ1) is 7.45. The molecule has 0 amide bonds. The molecule has 0 N–H and O–H groups in total. The number of hydrogen-bond acceptors (Lipinski definition) is 0. The van der Waals surface area contributed by atoms with Gasteiger partial charge in [-0.3, -0.25) is 0 Å². The summed E-state index contributed by atoms with van der Waals surface area (Å²) in [6.07, 6.45) is -0.601. The van der Waals surface area contributed by atoms with Gasteiger partial charge >= 0.3 is 6.18 Å². The van der Waals surface area contributed by atoms with Gasteiger partial charge in [-0.05, 0) is 24.1 Å². The fourth-order valence-corrected chi connectivity index (χ4v) is 1.55. The zero-order valence-corrected chi connectivity index (χ0v) is 9.70. The highest BCUT2D eigenvalue weighted by atomic mass is 35.5. The molecule has 0 radical (unpaired) electrons. The molecule has 0 spiro atoms. The third-order valence-electron chi connectivity index (χ3n) is 1.95. The van der Waals surface area contributed by atoms with E-state index in [2.05, 4.69) is 0 Å². The molecule has 0 heterocycles. The third-order valence-corrected chi connectivity index (χ3v) is 2.45. The fourth-order valence-electron chi connectivity index (χ4n) is 1.20. The molecule has 0 aliphatic heterocycles. The number of rotatable bonds is 3. The summed E-state index contributed by atoms with van der Waals surface area (Å²) in [6.45, 7) is 0. The van der Waals surface area contributed by atoms with Crippen LogP contribution in [0.25, 0.3) is 0 Å². The van der Waals surface area contributed by atoms with E-state index < -0.39 is 11.7 Å². The van der Waals surface area contributed by atoms with Gasteiger partial charge in [0, 0.05) is 5.88 Å². The van der Waals surface area contributed by atoms with Gasteiger partial charge in [-0.1, -0.05) is 29.8 Å². The van der Waals surface area contributed by atoms with Crippen molar-refractivity contribution in [1.82, 2.24) is 0 Å². The lowest BCUT2D eigenvalue weighted by molar-refractivity contribution is -0.137. The average molecular weight is 269 g/mol. The lowest BCUT2D eigenvalue weighted by Gasteiger charge is -2.10. The van der Waals surface area contributed by atoms with Crippen LogP contribution in [0.4, 0.5) is 13.2 Å². The Hall–Kier alpha value is -0.670. The van der Waals surface area contributed by atoms with Gasteiger partial charge in [0.05, 0.1) is 10.6 Å². The van der Waals surface area contributed by atoms with Crippen molar-refractivity contribution in [2.24, 2.45) is 0 Å². The first kappa shape index (κ1) is 13.4. The standard InChI is InChI=1S/C11H9Cl2F3/c12-6-2-1-3-8-4-5-10(13)9(7-8)11(14,15)16/h1-2,4-5,7H,3,6H2/b2-1+. The van der Waals surface area contributed by atoms with Gasteiger partial charge in [0.25, 0.3) is 0 Å². The minimum atomic E-state index is -4.41. The molecule has 0 atom stereocenters. The van der Waals surface area contributed by atoms with Gasteiger partial charge in [0.2, 0.25) is 0 Å². The Morgan fingerprint density at radius 1 is 1.19 bits per heavy atom. The van der Waals surface area contributed by atoms with Gasteiger partial charge in [-0.25, -0.2) is 0 Å². The molecular formula is C11H9Cl2F3. The van der Waals surface area contributed by atoms with E-state index in [0.717, 1.165) is 6.07 Å². The van der Waals surface area contributed by atoms with Crippen LogP contribution in [0.15, 0.2) is 30.4 Å². The van der Waals surface area contributed by atoms with Gasteiger partial charge in [0.1, 0.15) is 0 Å². The topological polar surface area (TPSA) is 0 Å². The van der Waals surface area contributed by atoms with Crippen molar-refractivity contribution in [2.45, 2.75) is 12.6 Å². The Kier molecular flexibility index (Phi) is 4.69. The highest BCUT2D eigenvalue weighted by molar-refractivity contribution is 6.31. The summed E-state index contributed by atoms with van der Waals surface area (Å²) in [6, 6.07) is 3.88. The predicted octanol–water partition coefficient (Wildman–Crippen LogP) is 4.70. The molecule has 0 nitrogen and oxygen atoms in total. The molecule has 0 aliphatic rings. The van der Waals surface area contributed by atoms with Crippen molar-refractivity contribution in [1.29, 1.82) is 0 Å². The zero-order chi connectivity index (χ0) is 12.2. The van der Waals surface area contributed by atoms with E-state index in [4.69, 9.17) is 23.2 Å². The van der Waals surface area contributed by atoms with Crippen molar-refractivity contribution in [2.75, 3.05) is 5.88 Å². The second kappa shape index (κ2) is 5.60.